The molecule has 0 aliphatic rings. The summed E-state index contributed by atoms with van der Waals surface area (Å²) in [5.41, 5.74) is 0. The lowest BCUT2D eigenvalue weighted by Gasteiger charge is -2.20. The van der Waals surface area contributed by atoms with Gasteiger partial charge in [-0.15, -0.1) is 0 Å². The second-order valence-electron chi connectivity index (χ2n) is 6.05. The molecule has 0 fully saturated rings. The fourth-order valence-corrected chi connectivity index (χ4v) is 2.49. The number of carboxylic acid groups (broad SMARTS) is 2. The van der Waals surface area contributed by atoms with Gasteiger partial charge in [0, 0.05) is 18.2 Å². The number of carbonyl (C=O) groups excluding carboxylic acids is 2. The number of hydrogen-bond donors (Lipinski definition) is 6. The molecule has 0 heterocycles. The molecule has 0 rings (SSSR count). The predicted octanol–water partition coefficient (Wildman–Crippen LogP) is 0.00350. The van der Waals surface area contributed by atoms with Crippen molar-refractivity contribution >= 4 is 36.4 Å². The van der Waals surface area contributed by atoms with E-state index in [0.717, 1.165) is 19.3 Å². The smallest absolute Gasteiger partial charge is 0.322 e. The van der Waals surface area contributed by atoms with Crippen molar-refractivity contribution in [3.05, 3.63) is 0 Å². The zero-order valence-corrected chi connectivity index (χ0v) is 16.1. The Labute approximate surface area is 158 Å². The molecule has 0 radical (unpaired) electrons. The third kappa shape index (κ3) is 10.9. The number of thiol groups is 1. The van der Waals surface area contributed by atoms with Crippen LogP contribution in [0.3, 0.4) is 0 Å². The number of amides is 2. The Morgan fingerprint density at radius 2 is 1.73 bits per heavy atom. The van der Waals surface area contributed by atoms with E-state index in [4.69, 9.17) is 5.11 Å². The van der Waals surface area contributed by atoms with Gasteiger partial charge in [-0.25, -0.2) is 0 Å². The van der Waals surface area contributed by atoms with Crippen molar-refractivity contribution in [3.8, 4) is 0 Å². The van der Waals surface area contributed by atoms with Gasteiger partial charge in [-0.05, 0) is 19.8 Å². The van der Waals surface area contributed by atoms with Gasteiger partial charge in [-0.1, -0.05) is 19.8 Å². The van der Waals surface area contributed by atoms with Gasteiger partial charge in [-0.2, -0.15) is 12.6 Å². The van der Waals surface area contributed by atoms with Crippen molar-refractivity contribution < 1.29 is 29.4 Å². The minimum Gasteiger partial charge on any atom is -0.480 e. The first-order chi connectivity index (χ1) is 12.2. The molecule has 0 spiro atoms. The topological polar surface area (TPSA) is 145 Å². The zero-order chi connectivity index (χ0) is 20.1. The van der Waals surface area contributed by atoms with E-state index in [1.165, 1.54) is 0 Å². The van der Waals surface area contributed by atoms with Crippen LogP contribution in [0.25, 0.3) is 0 Å². The van der Waals surface area contributed by atoms with E-state index in [2.05, 4.69) is 35.5 Å². The van der Waals surface area contributed by atoms with Crippen molar-refractivity contribution in [1.29, 1.82) is 0 Å². The Balaban J connectivity index is 4.46. The highest BCUT2D eigenvalue weighted by molar-refractivity contribution is 7.80. The number of nitrogens with one attached hydrogen (secondary N) is 3. The zero-order valence-electron chi connectivity index (χ0n) is 15.2. The van der Waals surface area contributed by atoms with Crippen molar-refractivity contribution in [3.63, 3.8) is 0 Å². The van der Waals surface area contributed by atoms with Gasteiger partial charge >= 0.3 is 11.9 Å². The normalized spacial score (nSPS) is 14.1. The van der Waals surface area contributed by atoms with Crippen molar-refractivity contribution in [1.82, 2.24) is 16.0 Å². The molecule has 26 heavy (non-hydrogen) atoms. The maximum Gasteiger partial charge on any atom is 0.322 e. The molecule has 0 saturated heterocycles. The summed E-state index contributed by atoms with van der Waals surface area (Å²) in [4.78, 5) is 45.5. The molecule has 0 aromatic carbocycles. The largest absolute Gasteiger partial charge is 0.480 e. The van der Waals surface area contributed by atoms with Gasteiger partial charge in [0.2, 0.25) is 11.8 Å². The van der Waals surface area contributed by atoms with Crippen LogP contribution in [0.1, 0.15) is 46.0 Å². The van der Waals surface area contributed by atoms with Crippen LogP contribution in [0.4, 0.5) is 0 Å². The summed E-state index contributed by atoms with van der Waals surface area (Å²) >= 11 is 3.96. The van der Waals surface area contributed by atoms with Crippen LogP contribution in [0.2, 0.25) is 0 Å². The average Bonchev–Trinajstić information content (AvgIpc) is 2.58. The highest BCUT2D eigenvalue weighted by Gasteiger charge is 2.23. The third-order valence-electron chi connectivity index (χ3n) is 3.68. The maximum atomic E-state index is 12.0. The van der Waals surface area contributed by atoms with Gasteiger partial charge < -0.3 is 26.2 Å². The lowest BCUT2D eigenvalue weighted by molar-refractivity contribution is -0.140. The van der Waals surface area contributed by atoms with E-state index in [1.807, 2.05) is 6.92 Å². The molecule has 10 heteroatoms. The van der Waals surface area contributed by atoms with Crippen LogP contribution in [-0.2, 0) is 19.2 Å². The van der Waals surface area contributed by atoms with Crippen molar-refractivity contribution in [2.75, 3.05) is 12.3 Å². The summed E-state index contributed by atoms with van der Waals surface area (Å²) in [5.74, 6) is -3.40. The van der Waals surface area contributed by atoms with Crippen LogP contribution < -0.4 is 16.0 Å². The van der Waals surface area contributed by atoms with Crippen molar-refractivity contribution in [2.45, 2.75) is 64.1 Å². The summed E-state index contributed by atoms with van der Waals surface area (Å²) in [6.45, 7) is 3.39. The van der Waals surface area contributed by atoms with Gasteiger partial charge in [0.05, 0.1) is 0 Å². The molecule has 150 valence electrons. The highest BCUT2D eigenvalue weighted by Crippen LogP contribution is 2.05. The molecular formula is C16H29N3O6S. The molecular weight excluding hydrogens is 362 g/mol. The first-order valence-electron chi connectivity index (χ1n) is 8.59. The predicted molar refractivity (Wildman–Crippen MR) is 99.2 cm³/mol. The first-order valence-corrected chi connectivity index (χ1v) is 9.23. The van der Waals surface area contributed by atoms with Gasteiger partial charge in [0.1, 0.15) is 18.6 Å². The van der Waals surface area contributed by atoms with Gasteiger partial charge in [0.25, 0.3) is 0 Å². The lowest BCUT2D eigenvalue weighted by Crippen LogP contribution is -2.49. The minimum absolute atomic E-state index is 0.00808. The number of carbonyl (C=O) groups is 4. The Morgan fingerprint density at radius 1 is 1.08 bits per heavy atom. The maximum absolute atomic E-state index is 12.0. The Kier molecular flexibility index (Phi) is 12.5. The number of carboxylic acids is 2. The number of rotatable bonds is 14. The standard InChI is InChI=1S/C16H29N3O6S/c1-3-4-5-10(2)18-11(16(24)25)6-7-13(20)19-12(9-26)15(23)17-8-14(21)22/h10-12,18,26H,3-9H2,1-2H3,(H,17,23)(H,19,20)(H,21,22)(H,24,25). The third-order valence-corrected chi connectivity index (χ3v) is 4.05. The van der Waals surface area contributed by atoms with Crippen LogP contribution in [0.5, 0.6) is 0 Å². The minimum atomic E-state index is -1.20. The second-order valence-corrected chi connectivity index (χ2v) is 6.42. The van der Waals surface area contributed by atoms with E-state index in [9.17, 15) is 24.3 Å². The fourth-order valence-electron chi connectivity index (χ4n) is 2.24. The molecule has 3 atom stereocenters. The average molecular weight is 391 g/mol. The first kappa shape index (κ1) is 24.2. The van der Waals surface area contributed by atoms with Gasteiger partial charge in [-0.3, -0.25) is 19.2 Å². The Hall–Kier alpha value is -1.81. The van der Waals surface area contributed by atoms with E-state index in [1.54, 1.807) is 0 Å². The summed E-state index contributed by atoms with van der Waals surface area (Å²) < 4.78 is 0. The second kappa shape index (κ2) is 13.4. The van der Waals surface area contributed by atoms with E-state index < -0.39 is 42.4 Å². The SMILES string of the molecule is CCCCC(C)NC(CCC(=O)NC(CS)C(=O)NCC(=O)O)C(=O)O. The van der Waals surface area contributed by atoms with E-state index in [0.29, 0.717) is 0 Å². The quantitative estimate of drug-likeness (QED) is 0.229. The van der Waals surface area contributed by atoms with Gasteiger partial charge in [0.15, 0.2) is 0 Å². The van der Waals surface area contributed by atoms with E-state index in [-0.39, 0.29) is 24.6 Å². The van der Waals surface area contributed by atoms with Crippen LogP contribution in [0.15, 0.2) is 0 Å². The summed E-state index contributed by atoms with van der Waals surface area (Å²) in [7, 11) is 0. The molecule has 0 bridgehead atoms. The van der Waals surface area contributed by atoms with Crippen LogP contribution in [-0.4, -0.2) is 64.4 Å². The Bertz CT molecular complexity index is 489. The summed E-state index contributed by atoms with van der Waals surface area (Å²) in [6, 6.07) is -1.82. The molecule has 0 saturated carbocycles. The molecule has 9 nitrogen and oxygen atoms in total. The lowest BCUT2D eigenvalue weighted by atomic mass is 10.1. The number of aliphatic carboxylic acids is 2. The van der Waals surface area contributed by atoms with Crippen LogP contribution in [0, 0.1) is 0 Å². The molecule has 0 aromatic heterocycles. The molecule has 2 amide bonds. The molecule has 0 aromatic rings. The summed E-state index contributed by atoms with van der Waals surface area (Å²) in [6.07, 6.45) is 2.84. The molecule has 0 aliphatic carbocycles. The van der Waals surface area contributed by atoms with E-state index >= 15 is 0 Å². The van der Waals surface area contributed by atoms with Crippen LogP contribution >= 0.6 is 12.6 Å². The molecule has 0 aliphatic heterocycles. The fraction of sp³-hybridized carbons (Fsp3) is 0.750. The Morgan fingerprint density at radius 3 is 2.23 bits per heavy atom. The monoisotopic (exact) mass is 391 g/mol. The number of unbranched alkanes of at least 4 members (excludes halogenated alkanes) is 1. The highest BCUT2D eigenvalue weighted by atomic mass is 32.1. The molecule has 5 N–H and O–H groups in total. The number of hydrogen-bond acceptors (Lipinski definition) is 6. The summed E-state index contributed by atoms with van der Waals surface area (Å²) in [5, 5.41) is 25.4. The van der Waals surface area contributed by atoms with Crippen molar-refractivity contribution in [2.24, 2.45) is 0 Å². The molecule has 3 unspecified atom stereocenters.